The highest BCUT2D eigenvalue weighted by molar-refractivity contribution is 6.04. The summed E-state index contributed by atoms with van der Waals surface area (Å²) in [6, 6.07) is 13.2. The summed E-state index contributed by atoms with van der Waals surface area (Å²) >= 11 is 0. The predicted molar refractivity (Wildman–Crippen MR) is 80.1 cm³/mol. The first-order valence-electron chi connectivity index (χ1n) is 6.81. The Kier molecular flexibility index (Phi) is 3.50. The van der Waals surface area contributed by atoms with E-state index < -0.39 is 6.03 Å². The zero-order valence-electron chi connectivity index (χ0n) is 11.5. The second kappa shape index (κ2) is 5.46. The van der Waals surface area contributed by atoms with Gasteiger partial charge in [0.15, 0.2) is 0 Å². The number of urea groups is 1. The molecule has 21 heavy (non-hydrogen) atoms. The van der Waals surface area contributed by atoms with E-state index in [4.69, 9.17) is 10.2 Å². The van der Waals surface area contributed by atoms with Gasteiger partial charge >= 0.3 is 6.03 Å². The molecule has 0 radical (unpaired) electrons. The molecule has 108 valence electrons. The number of benzene rings is 2. The summed E-state index contributed by atoms with van der Waals surface area (Å²) in [5.74, 6) is 0. The minimum absolute atomic E-state index is 0.216. The van der Waals surface area contributed by atoms with Crippen LogP contribution in [-0.4, -0.2) is 22.8 Å². The molecule has 0 atom stereocenters. The lowest BCUT2D eigenvalue weighted by Crippen LogP contribution is -2.33. The number of primary amides is 1. The minimum atomic E-state index is -0.831. The topological polar surface area (TPSA) is 79.7 Å². The number of nitrogens with zero attached hydrogens (tertiary/aromatic N) is 1. The van der Waals surface area contributed by atoms with Crippen LogP contribution in [0.5, 0.6) is 0 Å². The van der Waals surface area contributed by atoms with Crippen molar-refractivity contribution in [1.82, 2.24) is 5.06 Å². The molecule has 5 nitrogen and oxygen atoms in total. The summed E-state index contributed by atoms with van der Waals surface area (Å²) < 4.78 is 5.82. The number of hydroxylamine groups is 2. The van der Waals surface area contributed by atoms with Crippen LogP contribution in [0.15, 0.2) is 46.9 Å². The predicted octanol–water partition coefficient (Wildman–Crippen LogP) is 3.29. The monoisotopic (exact) mass is 284 g/mol. The average molecular weight is 284 g/mol. The van der Waals surface area contributed by atoms with Gasteiger partial charge in [-0.15, -0.1) is 0 Å². The molecule has 5 heteroatoms. The third-order valence-corrected chi connectivity index (χ3v) is 3.53. The number of carbonyl (C=O) groups excluding carboxylic acids is 1. The lowest BCUT2D eigenvalue weighted by atomic mass is 10.1. The zero-order chi connectivity index (χ0) is 14.8. The summed E-state index contributed by atoms with van der Waals surface area (Å²) in [7, 11) is 0. The quantitative estimate of drug-likeness (QED) is 0.570. The van der Waals surface area contributed by atoms with Gasteiger partial charge in [0.05, 0.1) is 6.54 Å². The van der Waals surface area contributed by atoms with Crippen molar-refractivity contribution >= 4 is 28.0 Å². The third-order valence-electron chi connectivity index (χ3n) is 3.53. The summed E-state index contributed by atoms with van der Waals surface area (Å²) in [5, 5.41) is 11.9. The van der Waals surface area contributed by atoms with Crippen molar-refractivity contribution < 1.29 is 14.4 Å². The molecule has 0 unspecified atom stereocenters. The fraction of sp³-hybridized carbons (Fsp3) is 0.188. The second-order valence-corrected chi connectivity index (χ2v) is 4.99. The largest absolute Gasteiger partial charge is 0.456 e. The molecule has 3 N–H and O–H groups in total. The molecule has 2 aromatic carbocycles. The van der Waals surface area contributed by atoms with Crippen LogP contribution in [0, 0.1) is 0 Å². The van der Waals surface area contributed by atoms with E-state index in [2.05, 4.69) is 0 Å². The highest BCUT2D eigenvalue weighted by atomic mass is 16.5. The molecule has 3 aromatic rings. The summed E-state index contributed by atoms with van der Waals surface area (Å²) in [6.07, 6.45) is 1.36. The van der Waals surface area contributed by atoms with Gasteiger partial charge in [0, 0.05) is 10.8 Å². The average Bonchev–Trinajstić information content (AvgIpc) is 2.84. The van der Waals surface area contributed by atoms with Gasteiger partial charge < -0.3 is 10.2 Å². The number of furan rings is 1. The van der Waals surface area contributed by atoms with E-state index in [1.165, 1.54) is 0 Å². The Morgan fingerprint density at radius 1 is 1.14 bits per heavy atom. The maximum atomic E-state index is 10.7. The number of carbonyl (C=O) groups is 1. The van der Waals surface area contributed by atoms with Gasteiger partial charge in [-0.05, 0) is 30.5 Å². The fourth-order valence-corrected chi connectivity index (χ4v) is 2.47. The van der Waals surface area contributed by atoms with E-state index in [1.807, 2.05) is 42.5 Å². The molecular formula is C16H16N2O3. The van der Waals surface area contributed by atoms with E-state index in [0.717, 1.165) is 33.9 Å². The Hall–Kier alpha value is -2.53. The molecular weight excluding hydrogens is 268 g/mol. The van der Waals surface area contributed by atoms with Crippen LogP contribution in [-0.2, 0) is 6.42 Å². The van der Waals surface area contributed by atoms with Gasteiger partial charge in [0.25, 0.3) is 0 Å². The molecule has 3 rings (SSSR count). The van der Waals surface area contributed by atoms with Crippen LogP contribution in [0.2, 0.25) is 0 Å². The van der Waals surface area contributed by atoms with E-state index in [-0.39, 0.29) is 6.54 Å². The second-order valence-electron chi connectivity index (χ2n) is 4.99. The van der Waals surface area contributed by atoms with Crippen molar-refractivity contribution in [3.8, 4) is 0 Å². The molecule has 0 aliphatic carbocycles. The minimum Gasteiger partial charge on any atom is -0.456 e. The molecule has 0 aliphatic heterocycles. The van der Waals surface area contributed by atoms with E-state index >= 15 is 0 Å². The SMILES string of the molecule is NC(=O)N(O)CCCc1ccc2c(c1)oc1ccccc12. The highest BCUT2D eigenvalue weighted by Crippen LogP contribution is 2.29. The highest BCUT2D eigenvalue weighted by Gasteiger charge is 2.08. The van der Waals surface area contributed by atoms with Crippen LogP contribution in [0.1, 0.15) is 12.0 Å². The number of para-hydroxylation sites is 1. The number of nitrogens with two attached hydrogens (primary N) is 1. The first-order chi connectivity index (χ1) is 10.1. The maximum absolute atomic E-state index is 10.7. The molecule has 0 saturated heterocycles. The summed E-state index contributed by atoms with van der Waals surface area (Å²) in [5.41, 5.74) is 7.78. The summed E-state index contributed by atoms with van der Waals surface area (Å²) in [4.78, 5) is 10.7. The van der Waals surface area contributed by atoms with Gasteiger partial charge in [-0.1, -0.05) is 30.3 Å². The standard InChI is InChI=1S/C16H16N2O3/c17-16(19)18(20)9-3-4-11-7-8-13-12-5-1-2-6-14(12)21-15(13)10-11/h1-2,5-8,10,20H,3-4,9H2,(H2,17,19). The molecule has 1 heterocycles. The third kappa shape index (κ3) is 2.68. The van der Waals surface area contributed by atoms with Crippen molar-refractivity contribution in [2.24, 2.45) is 5.73 Å². The van der Waals surface area contributed by atoms with Crippen LogP contribution in [0.4, 0.5) is 4.79 Å². The van der Waals surface area contributed by atoms with Gasteiger partial charge in [0.1, 0.15) is 11.2 Å². The normalized spacial score (nSPS) is 11.1. The van der Waals surface area contributed by atoms with Gasteiger partial charge in [0.2, 0.25) is 0 Å². The molecule has 1 aromatic heterocycles. The fourth-order valence-electron chi connectivity index (χ4n) is 2.47. The molecule has 2 amide bonds. The van der Waals surface area contributed by atoms with Gasteiger partial charge in [-0.3, -0.25) is 5.21 Å². The smallest absolute Gasteiger partial charge is 0.338 e. The number of aryl methyl sites for hydroxylation is 1. The van der Waals surface area contributed by atoms with Gasteiger partial charge in [-0.2, -0.15) is 0 Å². The van der Waals surface area contributed by atoms with Crippen LogP contribution < -0.4 is 5.73 Å². The molecule has 0 saturated carbocycles. The van der Waals surface area contributed by atoms with E-state index in [9.17, 15) is 10.0 Å². The molecule has 0 aliphatic rings. The van der Waals surface area contributed by atoms with E-state index in [0.29, 0.717) is 11.5 Å². The number of rotatable bonds is 4. The number of fused-ring (bicyclic) bond motifs is 3. The zero-order valence-corrected chi connectivity index (χ0v) is 11.5. The van der Waals surface area contributed by atoms with Crippen molar-refractivity contribution in [1.29, 1.82) is 0 Å². The molecule has 0 fully saturated rings. The Morgan fingerprint density at radius 2 is 1.90 bits per heavy atom. The first kappa shape index (κ1) is 13.5. The Balaban J connectivity index is 1.78. The molecule has 0 spiro atoms. The van der Waals surface area contributed by atoms with Crippen LogP contribution in [0.3, 0.4) is 0 Å². The van der Waals surface area contributed by atoms with Crippen molar-refractivity contribution in [2.45, 2.75) is 12.8 Å². The first-order valence-corrected chi connectivity index (χ1v) is 6.81. The Morgan fingerprint density at radius 3 is 2.71 bits per heavy atom. The van der Waals surface area contributed by atoms with Crippen LogP contribution >= 0.6 is 0 Å². The number of amides is 2. The van der Waals surface area contributed by atoms with Crippen molar-refractivity contribution in [2.75, 3.05) is 6.54 Å². The molecule has 0 bridgehead atoms. The number of hydrogen-bond acceptors (Lipinski definition) is 3. The number of hydrogen-bond donors (Lipinski definition) is 2. The van der Waals surface area contributed by atoms with Gasteiger partial charge in [-0.25, -0.2) is 9.86 Å². The lowest BCUT2D eigenvalue weighted by molar-refractivity contribution is -0.0398. The van der Waals surface area contributed by atoms with Crippen LogP contribution in [0.25, 0.3) is 21.9 Å². The van der Waals surface area contributed by atoms with E-state index in [1.54, 1.807) is 0 Å². The van der Waals surface area contributed by atoms with Crippen molar-refractivity contribution in [3.05, 3.63) is 48.0 Å². The Labute approximate surface area is 121 Å². The lowest BCUT2D eigenvalue weighted by Gasteiger charge is -2.11. The van der Waals surface area contributed by atoms with Crippen molar-refractivity contribution in [3.63, 3.8) is 0 Å². The Bertz CT molecular complexity index is 794. The maximum Gasteiger partial charge on any atom is 0.338 e. The summed E-state index contributed by atoms with van der Waals surface area (Å²) in [6.45, 7) is 0.216.